The fourth-order valence-corrected chi connectivity index (χ4v) is 3.73. The molecule has 2 nitrogen and oxygen atoms in total. The fourth-order valence-electron chi connectivity index (χ4n) is 2.31. The number of nitrogens with zero attached hydrogens (tertiary/aromatic N) is 1. The Morgan fingerprint density at radius 1 is 1.53 bits per heavy atom. The maximum Gasteiger partial charge on any atom is 0.0300 e. The van der Waals surface area contributed by atoms with Gasteiger partial charge in [0.05, 0.1) is 0 Å². The van der Waals surface area contributed by atoms with Crippen molar-refractivity contribution in [3.8, 4) is 0 Å². The molecule has 1 aliphatic rings. The van der Waals surface area contributed by atoms with Gasteiger partial charge in [-0.15, -0.1) is 11.3 Å². The maximum absolute atomic E-state index is 3.52. The van der Waals surface area contributed by atoms with E-state index in [-0.39, 0.29) is 0 Å². The first-order valence-corrected chi connectivity index (χ1v) is 7.88. The molecule has 2 rings (SSSR count). The fraction of sp³-hybridized carbons (Fsp3) is 0.692. The molecule has 0 radical (unpaired) electrons. The minimum Gasteiger partial charge on any atom is -0.311 e. The smallest absolute Gasteiger partial charge is 0.0300 e. The molecule has 0 bridgehead atoms. The largest absolute Gasteiger partial charge is 0.311 e. The Labute approximate surface area is 117 Å². The molecule has 1 saturated heterocycles. The Kier molecular flexibility index (Phi) is 4.64. The van der Waals surface area contributed by atoms with Crippen molar-refractivity contribution in [1.82, 2.24) is 10.2 Å². The van der Waals surface area contributed by atoms with Gasteiger partial charge < -0.3 is 10.2 Å². The van der Waals surface area contributed by atoms with Gasteiger partial charge in [-0.2, -0.15) is 0 Å². The highest BCUT2D eigenvalue weighted by atomic mass is 79.9. The van der Waals surface area contributed by atoms with Gasteiger partial charge in [0.25, 0.3) is 0 Å². The molecule has 0 saturated carbocycles. The van der Waals surface area contributed by atoms with E-state index in [0.717, 1.165) is 13.1 Å². The van der Waals surface area contributed by atoms with Crippen LogP contribution >= 0.6 is 27.3 Å². The van der Waals surface area contributed by atoms with Crippen LogP contribution in [0.5, 0.6) is 0 Å². The lowest BCUT2D eigenvalue weighted by Gasteiger charge is -2.19. The number of thiophene rings is 1. The van der Waals surface area contributed by atoms with Gasteiger partial charge in [-0.05, 0) is 40.4 Å². The summed E-state index contributed by atoms with van der Waals surface area (Å²) in [5.41, 5.74) is 0.526. The SMILES string of the molecule is CC1(C)CCN(CCNCc2cc(Br)cs2)C1. The molecule has 17 heavy (non-hydrogen) atoms. The molecule has 4 heteroatoms. The molecule has 1 aromatic heterocycles. The molecule has 1 N–H and O–H groups in total. The molecule has 0 atom stereocenters. The van der Waals surface area contributed by atoms with Gasteiger partial charge in [-0.25, -0.2) is 0 Å². The van der Waals surface area contributed by atoms with Gasteiger partial charge in [-0.1, -0.05) is 13.8 Å². The van der Waals surface area contributed by atoms with E-state index < -0.39 is 0 Å². The molecule has 1 aromatic rings. The van der Waals surface area contributed by atoms with Crippen molar-refractivity contribution < 1.29 is 0 Å². The standard InChI is InChI=1S/C13H21BrN2S/c1-13(2)3-5-16(10-13)6-4-15-8-12-7-11(14)9-17-12/h7,9,15H,3-6,8,10H2,1-2H3. The zero-order valence-corrected chi connectivity index (χ0v) is 13.0. The lowest BCUT2D eigenvalue weighted by molar-refractivity contribution is 0.290. The van der Waals surface area contributed by atoms with Crippen LogP contribution in [0.25, 0.3) is 0 Å². The number of rotatable bonds is 5. The first-order chi connectivity index (χ1) is 8.05. The molecule has 0 amide bonds. The van der Waals surface area contributed by atoms with Crippen LogP contribution in [0.2, 0.25) is 0 Å². The van der Waals surface area contributed by atoms with E-state index in [2.05, 4.69) is 51.4 Å². The average molecular weight is 317 g/mol. The van der Waals surface area contributed by atoms with Crippen LogP contribution in [0.1, 0.15) is 25.1 Å². The predicted octanol–water partition coefficient (Wildman–Crippen LogP) is 3.33. The molecular formula is C13H21BrN2S. The topological polar surface area (TPSA) is 15.3 Å². The highest BCUT2D eigenvalue weighted by Gasteiger charge is 2.28. The lowest BCUT2D eigenvalue weighted by Crippen LogP contribution is -2.31. The minimum absolute atomic E-state index is 0.526. The summed E-state index contributed by atoms with van der Waals surface area (Å²) in [6.07, 6.45) is 1.34. The summed E-state index contributed by atoms with van der Waals surface area (Å²) in [4.78, 5) is 3.97. The maximum atomic E-state index is 3.52. The Morgan fingerprint density at radius 3 is 2.94 bits per heavy atom. The third kappa shape index (κ3) is 4.36. The Morgan fingerprint density at radius 2 is 2.35 bits per heavy atom. The summed E-state index contributed by atoms with van der Waals surface area (Å²) in [6, 6.07) is 2.19. The van der Waals surface area contributed by atoms with Crippen LogP contribution in [0.3, 0.4) is 0 Å². The second-order valence-corrected chi connectivity index (χ2v) is 7.51. The summed E-state index contributed by atoms with van der Waals surface area (Å²) in [7, 11) is 0. The predicted molar refractivity (Wildman–Crippen MR) is 78.6 cm³/mol. The van der Waals surface area contributed by atoms with Gasteiger partial charge in [-0.3, -0.25) is 0 Å². The summed E-state index contributed by atoms with van der Waals surface area (Å²) in [6.45, 7) is 10.5. The number of hydrogen-bond acceptors (Lipinski definition) is 3. The highest BCUT2D eigenvalue weighted by molar-refractivity contribution is 9.10. The van der Waals surface area contributed by atoms with E-state index in [0.29, 0.717) is 5.41 Å². The molecule has 0 aliphatic carbocycles. The van der Waals surface area contributed by atoms with Gasteiger partial charge >= 0.3 is 0 Å². The molecule has 96 valence electrons. The number of nitrogens with one attached hydrogen (secondary N) is 1. The van der Waals surface area contributed by atoms with Crippen molar-refractivity contribution in [3.63, 3.8) is 0 Å². The molecule has 0 spiro atoms. The number of hydrogen-bond donors (Lipinski definition) is 1. The number of likely N-dealkylation sites (tertiary alicyclic amines) is 1. The average Bonchev–Trinajstić information content (AvgIpc) is 2.80. The molecule has 0 aromatic carbocycles. The van der Waals surface area contributed by atoms with E-state index in [1.165, 1.54) is 35.4 Å². The third-order valence-corrected chi connectivity index (χ3v) is 4.98. The van der Waals surface area contributed by atoms with Gasteiger partial charge in [0.1, 0.15) is 0 Å². The van der Waals surface area contributed by atoms with Crippen molar-refractivity contribution >= 4 is 27.3 Å². The molecule has 0 unspecified atom stereocenters. The van der Waals surface area contributed by atoms with Crippen LogP contribution in [-0.2, 0) is 6.54 Å². The molecule has 1 aliphatic heterocycles. The highest BCUT2D eigenvalue weighted by Crippen LogP contribution is 2.28. The first-order valence-electron chi connectivity index (χ1n) is 6.21. The second kappa shape index (κ2) is 5.83. The van der Waals surface area contributed by atoms with Crippen LogP contribution < -0.4 is 5.32 Å². The number of halogens is 1. The zero-order chi connectivity index (χ0) is 12.3. The Balaban J connectivity index is 1.61. The van der Waals surface area contributed by atoms with Crippen molar-refractivity contribution in [1.29, 1.82) is 0 Å². The van der Waals surface area contributed by atoms with Crippen molar-refractivity contribution in [2.75, 3.05) is 26.2 Å². The quantitative estimate of drug-likeness (QED) is 0.838. The van der Waals surface area contributed by atoms with E-state index in [9.17, 15) is 0 Å². The summed E-state index contributed by atoms with van der Waals surface area (Å²) < 4.78 is 1.19. The van der Waals surface area contributed by atoms with E-state index in [4.69, 9.17) is 0 Å². The normalized spacial score (nSPS) is 19.9. The molecular weight excluding hydrogens is 296 g/mol. The monoisotopic (exact) mass is 316 g/mol. The molecule has 1 fully saturated rings. The van der Waals surface area contributed by atoms with Crippen molar-refractivity contribution in [2.45, 2.75) is 26.8 Å². The summed E-state index contributed by atoms with van der Waals surface area (Å²) in [5, 5.41) is 5.66. The van der Waals surface area contributed by atoms with E-state index in [1.807, 2.05) is 11.3 Å². The van der Waals surface area contributed by atoms with Crippen LogP contribution in [0.15, 0.2) is 15.9 Å². The zero-order valence-electron chi connectivity index (χ0n) is 10.6. The minimum atomic E-state index is 0.526. The summed E-state index contributed by atoms with van der Waals surface area (Å²) in [5.74, 6) is 0. The van der Waals surface area contributed by atoms with Crippen LogP contribution in [0.4, 0.5) is 0 Å². The molecule has 2 heterocycles. The van der Waals surface area contributed by atoms with Crippen molar-refractivity contribution in [2.24, 2.45) is 5.41 Å². The van der Waals surface area contributed by atoms with Gasteiger partial charge in [0.15, 0.2) is 0 Å². The van der Waals surface area contributed by atoms with Crippen molar-refractivity contribution in [3.05, 3.63) is 20.8 Å². The van der Waals surface area contributed by atoms with E-state index in [1.54, 1.807) is 0 Å². The lowest BCUT2D eigenvalue weighted by atomic mass is 9.93. The van der Waals surface area contributed by atoms with Crippen LogP contribution in [-0.4, -0.2) is 31.1 Å². The second-order valence-electron chi connectivity index (χ2n) is 5.60. The third-order valence-electron chi connectivity index (χ3n) is 3.28. The Hall–Kier alpha value is 0.1000. The summed E-state index contributed by atoms with van der Waals surface area (Å²) >= 11 is 5.29. The van der Waals surface area contributed by atoms with Gasteiger partial charge in [0, 0.05) is 40.9 Å². The Bertz CT molecular complexity index is 362. The van der Waals surface area contributed by atoms with Crippen LogP contribution in [0, 0.1) is 5.41 Å². The van der Waals surface area contributed by atoms with E-state index >= 15 is 0 Å². The van der Waals surface area contributed by atoms with Gasteiger partial charge in [0.2, 0.25) is 0 Å². The first kappa shape index (κ1) is 13.5.